The van der Waals surface area contributed by atoms with Crippen molar-refractivity contribution >= 4 is 40.9 Å². The molecule has 0 saturated carbocycles. The molecular weight excluding hydrogens is 391 g/mol. The van der Waals surface area contributed by atoms with E-state index in [4.69, 9.17) is 27.9 Å². The van der Waals surface area contributed by atoms with Crippen molar-refractivity contribution in [1.82, 2.24) is 10.2 Å². The second kappa shape index (κ2) is 7.21. The lowest BCUT2D eigenvalue weighted by molar-refractivity contribution is -0.130. The van der Waals surface area contributed by atoms with Gasteiger partial charge in [0.15, 0.2) is 5.78 Å². The van der Waals surface area contributed by atoms with Crippen LogP contribution in [0.3, 0.4) is 0 Å². The van der Waals surface area contributed by atoms with E-state index in [9.17, 15) is 14.4 Å². The maximum Gasteiger partial charge on any atom is 0.325 e. The van der Waals surface area contributed by atoms with Gasteiger partial charge in [-0.2, -0.15) is 0 Å². The highest BCUT2D eigenvalue weighted by Crippen LogP contribution is 2.30. The number of halogens is 2. The Kier molecular flexibility index (Phi) is 5.13. The summed E-state index contributed by atoms with van der Waals surface area (Å²) in [6, 6.07) is 10.6. The van der Waals surface area contributed by atoms with Crippen molar-refractivity contribution in [3.8, 4) is 5.75 Å². The number of ether oxygens (including phenoxy) is 1. The van der Waals surface area contributed by atoms with E-state index in [0.717, 1.165) is 4.90 Å². The number of carbonyl (C=O) groups is 3. The normalized spacial score (nSPS) is 19.2. The van der Waals surface area contributed by atoms with Gasteiger partial charge in [-0.05, 0) is 42.8 Å². The standard InChI is InChI=1S/C19H16Cl2N2O4/c1-19(12-4-6-13(27-2)7-5-12)17(25)23(18(26)22-19)10-16(24)11-3-8-14(20)15(21)9-11/h3-9H,10H2,1-2H3,(H,22,26). The number of methoxy groups -OCH3 is 1. The minimum absolute atomic E-state index is 0.225. The van der Waals surface area contributed by atoms with Crippen molar-refractivity contribution in [2.75, 3.05) is 13.7 Å². The highest BCUT2D eigenvalue weighted by atomic mass is 35.5. The van der Waals surface area contributed by atoms with Gasteiger partial charge in [0.1, 0.15) is 11.3 Å². The highest BCUT2D eigenvalue weighted by molar-refractivity contribution is 6.42. The Balaban J connectivity index is 1.82. The number of amides is 3. The topological polar surface area (TPSA) is 75.7 Å². The summed E-state index contributed by atoms with van der Waals surface area (Å²) >= 11 is 11.8. The average molecular weight is 407 g/mol. The minimum Gasteiger partial charge on any atom is -0.497 e. The lowest BCUT2D eigenvalue weighted by atomic mass is 9.92. The molecule has 8 heteroatoms. The van der Waals surface area contributed by atoms with Gasteiger partial charge in [0.25, 0.3) is 5.91 Å². The number of Topliss-reactive ketones (excluding diaryl/α,β-unsaturated/α-hetero) is 1. The lowest BCUT2D eigenvalue weighted by Crippen LogP contribution is -2.41. The van der Waals surface area contributed by atoms with Gasteiger partial charge in [-0.15, -0.1) is 0 Å². The molecule has 2 aromatic rings. The maximum atomic E-state index is 12.9. The number of imide groups is 1. The average Bonchev–Trinajstić information content (AvgIpc) is 2.88. The van der Waals surface area contributed by atoms with Crippen LogP contribution < -0.4 is 10.1 Å². The van der Waals surface area contributed by atoms with Crippen molar-refractivity contribution in [3.63, 3.8) is 0 Å². The summed E-state index contributed by atoms with van der Waals surface area (Å²) in [4.78, 5) is 38.6. The maximum absolute atomic E-state index is 12.9. The summed E-state index contributed by atoms with van der Waals surface area (Å²) in [6.45, 7) is 1.20. The Bertz CT molecular complexity index is 930. The quantitative estimate of drug-likeness (QED) is 0.607. The number of ketones is 1. The van der Waals surface area contributed by atoms with E-state index < -0.39 is 29.8 Å². The number of hydrogen-bond donors (Lipinski definition) is 1. The smallest absolute Gasteiger partial charge is 0.325 e. The molecule has 6 nitrogen and oxygen atoms in total. The zero-order chi connectivity index (χ0) is 19.8. The van der Waals surface area contributed by atoms with Crippen LogP contribution in [0, 0.1) is 0 Å². The van der Waals surface area contributed by atoms with Crippen LogP contribution in [0.15, 0.2) is 42.5 Å². The number of hydrogen-bond acceptors (Lipinski definition) is 4. The van der Waals surface area contributed by atoms with E-state index in [1.807, 2.05) is 0 Å². The van der Waals surface area contributed by atoms with Crippen molar-refractivity contribution in [2.24, 2.45) is 0 Å². The van der Waals surface area contributed by atoms with Crippen LogP contribution in [-0.2, 0) is 10.3 Å². The molecule has 1 saturated heterocycles. The first kappa shape index (κ1) is 19.2. The van der Waals surface area contributed by atoms with Crippen molar-refractivity contribution in [2.45, 2.75) is 12.5 Å². The third-order valence-electron chi connectivity index (χ3n) is 4.49. The third-order valence-corrected chi connectivity index (χ3v) is 5.22. The highest BCUT2D eigenvalue weighted by Gasteiger charge is 2.49. The molecule has 1 heterocycles. The first-order chi connectivity index (χ1) is 12.8. The first-order valence-electron chi connectivity index (χ1n) is 8.03. The van der Waals surface area contributed by atoms with E-state index in [-0.39, 0.29) is 10.6 Å². The molecule has 3 rings (SSSR count). The first-order valence-corrected chi connectivity index (χ1v) is 8.79. The third kappa shape index (κ3) is 3.50. The number of nitrogens with zero attached hydrogens (tertiary/aromatic N) is 1. The Morgan fingerprint density at radius 3 is 2.37 bits per heavy atom. The van der Waals surface area contributed by atoms with Crippen LogP contribution in [0.1, 0.15) is 22.8 Å². The molecule has 2 aromatic carbocycles. The molecule has 27 heavy (non-hydrogen) atoms. The molecule has 1 aliphatic heterocycles. The fourth-order valence-corrected chi connectivity index (χ4v) is 3.16. The van der Waals surface area contributed by atoms with Gasteiger partial charge in [-0.25, -0.2) is 4.79 Å². The zero-order valence-electron chi connectivity index (χ0n) is 14.6. The van der Waals surface area contributed by atoms with Gasteiger partial charge in [0.05, 0.1) is 23.7 Å². The Hall–Kier alpha value is -2.57. The van der Waals surface area contributed by atoms with Crippen LogP contribution >= 0.6 is 23.2 Å². The lowest BCUT2D eigenvalue weighted by Gasteiger charge is -2.22. The molecule has 1 aliphatic rings. The van der Waals surface area contributed by atoms with Gasteiger partial charge >= 0.3 is 6.03 Å². The summed E-state index contributed by atoms with van der Waals surface area (Å²) in [5.74, 6) is -0.298. The molecule has 0 aliphatic carbocycles. The van der Waals surface area contributed by atoms with Crippen LogP contribution in [0.25, 0.3) is 0 Å². The predicted octanol–water partition coefficient (Wildman–Crippen LogP) is 3.65. The number of nitrogens with one attached hydrogen (secondary N) is 1. The SMILES string of the molecule is COc1ccc(C2(C)NC(=O)N(CC(=O)c3ccc(Cl)c(Cl)c3)C2=O)cc1. The van der Waals surface area contributed by atoms with Crippen molar-refractivity contribution < 1.29 is 19.1 Å². The monoisotopic (exact) mass is 406 g/mol. The van der Waals surface area contributed by atoms with Gasteiger partial charge in [0, 0.05) is 5.56 Å². The molecule has 0 radical (unpaired) electrons. The fraction of sp³-hybridized carbons (Fsp3) is 0.211. The molecular formula is C19H16Cl2N2O4. The number of rotatable bonds is 5. The molecule has 0 aromatic heterocycles. The molecule has 0 bridgehead atoms. The second-order valence-electron chi connectivity index (χ2n) is 6.23. The molecule has 1 N–H and O–H groups in total. The summed E-state index contributed by atoms with van der Waals surface area (Å²) in [7, 11) is 1.54. The Morgan fingerprint density at radius 2 is 1.78 bits per heavy atom. The van der Waals surface area contributed by atoms with E-state index in [0.29, 0.717) is 16.3 Å². The van der Waals surface area contributed by atoms with E-state index in [2.05, 4.69) is 5.32 Å². The zero-order valence-corrected chi connectivity index (χ0v) is 16.1. The van der Waals surface area contributed by atoms with Gasteiger partial charge < -0.3 is 10.1 Å². The molecule has 0 spiro atoms. The van der Waals surface area contributed by atoms with Crippen LogP contribution in [0.4, 0.5) is 4.79 Å². The molecule has 1 fully saturated rings. The fourth-order valence-electron chi connectivity index (χ4n) is 2.87. The van der Waals surface area contributed by atoms with Gasteiger partial charge in [-0.1, -0.05) is 35.3 Å². The van der Waals surface area contributed by atoms with E-state index >= 15 is 0 Å². The van der Waals surface area contributed by atoms with Crippen molar-refractivity contribution in [3.05, 3.63) is 63.6 Å². The second-order valence-corrected chi connectivity index (χ2v) is 7.04. The number of carbonyl (C=O) groups excluding carboxylic acids is 3. The molecule has 3 amide bonds. The van der Waals surface area contributed by atoms with E-state index in [1.54, 1.807) is 31.2 Å². The summed E-state index contributed by atoms with van der Waals surface area (Å²) in [5, 5.41) is 3.20. The summed E-state index contributed by atoms with van der Waals surface area (Å²) in [6.07, 6.45) is 0. The summed E-state index contributed by atoms with van der Waals surface area (Å²) in [5.41, 5.74) is -0.407. The van der Waals surface area contributed by atoms with Crippen LogP contribution in [0.2, 0.25) is 10.0 Å². The number of benzene rings is 2. The van der Waals surface area contributed by atoms with Crippen LogP contribution in [-0.4, -0.2) is 36.3 Å². The Morgan fingerprint density at radius 1 is 1.11 bits per heavy atom. The largest absolute Gasteiger partial charge is 0.497 e. The molecule has 1 unspecified atom stereocenters. The van der Waals surface area contributed by atoms with E-state index in [1.165, 1.54) is 25.3 Å². The minimum atomic E-state index is -1.26. The predicted molar refractivity (Wildman–Crippen MR) is 101 cm³/mol. The number of urea groups is 1. The molecule has 140 valence electrons. The molecule has 1 atom stereocenters. The van der Waals surface area contributed by atoms with Crippen molar-refractivity contribution in [1.29, 1.82) is 0 Å². The van der Waals surface area contributed by atoms with Gasteiger partial charge in [0.2, 0.25) is 0 Å². The summed E-state index contributed by atoms with van der Waals surface area (Å²) < 4.78 is 5.11. The van der Waals surface area contributed by atoms with Crippen LogP contribution in [0.5, 0.6) is 5.75 Å². The van der Waals surface area contributed by atoms with Gasteiger partial charge in [-0.3, -0.25) is 14.5 Å². The Labute approximate surface area is 166 Å².